The Bertz CT molecular complexity index is 646. The molecule has 0 aliphatic rings. The average Bonchev–Trinajstić information content (AvgIpc) is 2.47. The van der Waals surface area contributed by atoms with Crippen LogP contribution in [0.25, 0.3) is 0 Å². The number of halogens is 2. The maximum absolute atomic E-state index is 11.4. The predicted molar refractivity (Wildman–Crippen MR) is 93.7 cm³/mol. The molecule has 3 nitrogen and oxygen atoms in total. The molecule has 5 heteroatoms. The molecule has 2 rings (SSSR count). The third-order valence-electron chi connectivity index (χ3n) is 3.08. The lowest BCUT2D eigenvalue weighted by atomic mass is 10.0. The van der Waals surface area contributed by atoms with Gasteiger partial charge in [-0.05, 0) is 51.9 Å². The van der Waals surface area contributed by atoms with Gasteiger partial charge in [0.2, 0.25) is 0 Å². The molecule has 110 valence electrons. The van der Waals surface area contributed by atoms with Crippen LogP contribution in [0, 0.1) is 3.57 Å². The molecule has 0 bridgehead atoms. The second-order valence-corrected chi connectivity index (χ2v) is 6.15. The highest BCUT2D eigenvalue weighted by Crippen LogP contribution is 2.24. The molecule has 0 aliphatic carbocycles. The van der Waals surface area contributed by atoms with E-state index in [0.717, 1.165) is 20.4 Å². The minimum atomic E-state index is -0.241. The number of nitrogens with one attached hydrogen (secondary N) is 1. The minimum absolute atomic E-state index is 0.241. The van der Waals surface area contributed by atoms with E-state index in [0.29, 0.717) is 11.6 Å². The summed E-state index contributed by atoms with van der Waals surface area (Å²) in [6, 6.07) is 13.6. The Morgan fingerprint density at radius 2 is 1.95 bits per heavy atom. The predicted octanol–water partition coefficient (Wildman–Crippen LogP) is 4.27. The molecule has 0 aromatic heterocycles. The largest absolute Gasteiger partial charge is 0.469 e. The van der Waals surface area contributed by atoms with Crippen molar-refractivity contribution in [1.29, 1.82) is 0 Å². The molecule has 0 saturated heterocycles. The summed E-state index contributed by atoms with van der Waals surface area (Å²) in [4.78, 5) is 11.4. The van der Waals surface area contributed by atoms with Crippen molar-refractivity contribution in [2.45, 2.75) is 13.0 Å². The fraction of sp³-hybridized carbons (Fsp3) is 0.188. The Labute approximate surface area is 142 Å². The summed E-state index contributed by atoms with van der Waals surface area (Å²) in [7, 11) is 1.40. The number of anilines is 1. The molecular formula is C16H15ClINO2. The Morgan fingerprint density at radius 1 is 1.24 bits per heavy atom. The van der Waals surface area contributed by atoms with Crippen LogP contribution >= 0.6 is 34.2 Å². The number of rotatable bonds is 5. The van der Waals surface area contributed by atoms with Gasteiger partial charge in [-0.15, -0.1) is 0 Å². The standard InChI is InChI=1S/C16H15ClINO2/c1-21-16(20)8-11-4-2-3-5-12(11)10-19-15-7-6-13(18)9-14(15)17/h2-7,9,19H,8,10H2,1H3. The molecular weight excluding hydrogens is 401 g/mol. The summed E-state index contributed by atoms with van der Waals surface area (Å²) in [5, 5.41) is 3.99. The van der Waals surface area contributed by atoms with Gasteiger partial charge in [-0.25, -0.2) is 0 Å². The SMILES string of the molecule is COC(=O)Cc1ccccc1CNc1ccc(I)cc1Cl. The van der Waals surface area contributed by atoms with Crippen LogP contribution in [0.5, 0.6) is 0 Å². The Hall–Kier alpha value is -1.27. The monoisotopic (exact) mass is 415 g/mol. The van der Waals surface area contributed by atoms with Crippen molar-refractivity contribution in [3.05, 3.63) is 62.2 Å². The van der Waals surface area contributed by atoms with E-state index in [4.69, 9.17) is 16.3 Å². The van der Waals surface area contributed by atoms with Crippen LogP contribution in [0.15, 0.2) is 42.5 Å². The Kier molecular flexibility index (Phi) is 5.87. The molecule has 21 heavy (non-hydrogen) atoms. The third kappa shape index (κ3) is 4.61. The first kappa shape index (κ1) is 16.1. The van der Waals surface area contributed by atoms with Crippen LogP contribution in [0.1, 0.15) is 11.1 Å². The number of hydrogen-bond donors (Lipinski definition) is 1. The van der Waals surface area contributed by atoms with E-state index in [1.165, 1.54) is 7.11 Å². The topological polar surface area (TPSA) is 38.3 Å². The number of hydrogen-bond acceptors (Lipinski definition) is 3. The summed E-state index contributed by atoms with van der Waals surface area (Å²) < 4.78 is 5.81. The number of benzene rings is 2. The smallest absolute Gasteiger partial charge is 0.309 e. The number of carbonyl (C=O) groups is 1. The van der Waals surface area contributed by atoms with E-state index in [2.05, 4.69) is 27.9 Å². The highest BCUT2D eigenvalue weighted by atomic mass is 127. The fourth-order valence-corrected chi connectivity index (χ4v) is 2.88. The molecule has 0 saturated carbocycles. The van der Waals surface area contributed by atoms with Crippen LogP contribution in [0.4, 0.5) is 5.69 Å². The number of methoxy groups -OCH3 is 1. The number of ether oxygens (including phenoxy) is 1. The van der Waals surface area contributed by atoms with Crippen molar-refractivity contribution in [1.82, 2.24) is 0 Å². The van der Waals surface area contributed by atoms with E-state index < -0.39 is 0 Å². The summed E-state index contributed by atoms with van der Waals surface area (Å²) in [5.41, 5.74) is 2.89. The second-order valence-electron chi connectivity index (χ2n) is 4.50. The van der Waals surface area contributed by atoms with Gasteiger partial charge in [0.05, 0.1) is 24.2 Å². The zero-order valence-electron chi connectivity index (χ0n) is 11.5. The lowest BCUT2D eigenvalue weighted by Gasteiger charge is -2.12. The normalized spacial score (nSPS) is 10.2. The van der Waals surface area contributed by atoms with Crippen molar-refractivity contribution in [2.24, 2.45) is 0 Å². The quantitative estimate of drug-likeness (QED) is 0.585. The first-order valence-electron chi connectivity index (χ1n) is 6.42. The lowest BCUT2D eigenvalue weighted by Crippen LogP contribution is -2.09. The fourth-order valence-electron chi connectivity index (χ4n) is 1.95. The lowest BCUT2D eigenvalue weighted by molar-refractivity contribution is -0.139. The second kappa shape index (κ2) is 7.66. The molecule has 0 atom stereocenters. The highest BCUT2D eigenvalue weighted by molar-refractivity contribution is 14.1. The van der Waals surface area contributed by atoms with Gasteiger partial charge in [0, 0.05) is 10.1 Å². The Balaban J connectivity index is 2.11. The number of carbonyl (C=O) groups excluding carboxylic acids is 1. The molecule has 0 heterocycles. The van der Waals surface area contributed by atoms with E-state index in [-0.39, 0.29) is 12.4 Å². The summed E-state index contributed by atoms with van der Waals surface area (Å²) in [6.45, 7) is 0.605. The highest BCUT2D eigenvalue weighted by Gasteiger charge is 2.08. The summed E-state index contributed by atoms with van der Waals surface area (Å²) in [6.07, 6.45) is 0.273. The van der Waals surface area contributed by atoms with Gasteiger partial charge in [-0.3, -0.25) is 4.79 Å². The van der Waals surface area contributed by atoms with Crippen LogP contribution in [-0.4, -0.2) is 13.1 Å². The average molecular weight is 416 g/mol. The van der Waals surface area contributed by atoms with Gasteiger partial charge >= 0.3 is 5.97 Å². The minimum Gasteiger partial charge on any atom is -0.469 e. The molecule has 0 amide bonds. The van der Waals surface area contributed by atoms with Crippen LogP contribution < -0.4 is 5.32 Å². The summed E-state index contributed by atoms with van der Waals surface area (Å²) >= 11 is 8.42. The third-order valence-corrected chi connectivity index (χ3v) is 4.06. The van der Waals surface area contributed by atoms with E-state index in [9.17, 15) is 4.79 Å². The van der Waals surface area contributed by atoms with Crippen molar-refractivity contribution >= 4 is 45.8 Å². The maximum Gasteiger partial charge on any atom is 0.309 e. The van der Waals surface area contributed by atoms with Gasteiger partial charge in [0.1, 0.15) is 0 Å². The van der Waals surface area contributed by atoms with Gasteiger partial charge in [0.15, 0.2) is 0 Å². The molecule has 0 aliphatic heterocycles. The van der Waals surface area contributed by atoms with Crippen molar-refractivity contribution in [3.63, 3.8) is 0 Å². The molecule has 0 spiro atoms. The van der Waals surface area contributed by atoms with E-state index in [1.807, 2.05) is 42.5 Å². The molecule has 1 N–H and O–H groups in total. The van der Waals surface area contributed by atoms with Crippen LogP contribution in [0.3, 0.4) is 0 Å². The maximum atomic E-state index is 11.4. The zero-order chi connectivity index (χ0) is 15.2. The van der Waals surface area contributed by atoms with Crippen molar-refractivity contribution in [2.75, 3.05) is 12.4 Å². The first-order chi connectivity index (χ1) is 10.1. The van der Waals surface area contributed by atoms with E-state index >= 15 is 0 Å². The Morgan fingerprint density at radius 3 is 2.62 bits per heavy atom. The summed E-state index contributed by atoms with van der Waals surface area (Å²) in [5.74, 6) is -0.241. The van der Waals surface area contributed by atoms with Crippen molar-refractivity contribution < 1.29 is 9.53 Å². The van der Waals surface area contributed by atoms with E-state index in [1.54, 1.807) is 0 Å². The van der Waals surface area contributed by atoms with Gasteiger partial charge < -0.3 is 10.1 Å². The molecule has 0 radical (unpaired) electrons. The van der Waals surface area contributed by atoms with Gasteiger partial charge in [-0.2, -0.15) is 0 Å². The molecule has 2 aromatic carbocycles. The van der Waals surface area contributed by atoms with Crippen LogP contribution in [0.2, 0.25) is 5.02 Å². The first-order valence-corrected chi connectivity index (χ1v) is 7.88. The number of esters is 1. The van der Waals surface area contributed by atoms with Gasteiger partial charge in [-0.1, -0.05) is 35.9 Å². The van der Waals surface area contributed by atoms with Crippen LogP contribution in [-0.2, 0) is 22.5 Å². The van der Waals surface area contributed by atoms with Gasteiger partial charge in [0.25, 0.3) is 0 Å². The molecule has 0 fully saturated rings. The van der Waals surface area contributed by atoms with Crippen molar-refractivity contribution in [3.8, 4) is 0 Å². The zero-order valence-corrected chi connectivity index (χ0v) is 14.4. The molecule has 0 unspecified atom stereocenters. The molecule has 2 aromatic rings.